The van der Waals surface area contributed by atoms with E-state index in [1.165, 1.54) is 30.3 Å². The van der Waals surface area contributed by atoms with Crippen molar-refractivity contribution in [2.45, 2.75) is 19.9 Å². The zero-order valence-corrected chi connectivity index (χ0v) is 22.3. The third-order valence-electron chi connectivity index (χ3n) is 6.38. The van der Waals surface area contributed by atoms with Gasteiger partial charge in [-0.3, -0.25) is 19.3 Å². The average Bonchev–Trinajstić information content (AvgIpc) is 3.46. The van der Waals surface area contributed by atoms with E-state index in [1.807, 2.05) is 30.3 Å². The number of amides is 2. The molecule has 0 aliphatic carbocycles. The summed E-state index contributed by atoms with van der Waals surface area (Å²) in [4.78, 5) is 45.4. The van der Waals surface area contributed by atoms with Gasteiger partial charge >= 0.3 is 0 Å². The number of ketones is 1. The van der Waals surface area contributed by atoms with Crippen molar-refractivity contribution in [3.8, 4) is 16.3 Å². The number of nitrogens with zero attached hydrogens (tertiary/aromatic N) is 2. The highest BCUT2D eigenvalue weighted by atomic mass is 32.1. The van der Waals surface area contributed by atoms with Gasteiger partial charge in [-0.05, 0) is 37.3 Å². The summed E-state index contributed by atoms with van der Waals surface area (Å²) >= 11 is 1.22. The van der Waals surface area contributed by atoms with Crippen LogP contribution in [0.4, 0.5) is 11.4 Å². The van der Waals surface area contributed by atoms with Gasteiger partial charge in [-0.25, -0.2) is 4.98 Å². The van der Waals surface area contributed by atoms with Crippen molar-refractivity contribution in [2.24, 2.45) is 0 Å². The smallest absolute Gasteiger partial charge is 0.294 e. The second kappa shape index (κ2) is 10.5. The Hall–Kier alpha value is -4.76. The molecule has 9 heteroatoms. The van der Waals surface area contributed by atoms with Gasteiger partial charge in [-0.1, -0.05) is 48.5 Å². The monoisotopic (exact) mass is 539 g/mol. The maximum absolute atomic E-state index is 14.1. The highest BCUT2D eigenvalue weighted by Crippen LogP contribution is 2.45. The fourth-order valence-corrected chi connectivity index (χ4v) is 5.66. The van der Waals surface area contributed by atoms with Gasteiger partial charge in [-0.2, -0.15) is 0 Å². The lowest BCUT2D eigenvalue weighted by Gasteiger charge is -2.28. The van der Waals surface area contributed by atoms with Crippen molar-refractivity contribution < 1.29 is 24.2 Å². The van der Waals surface area contributed by atoms with Crippen LogP contribution in [0.1, 0.15) is 33.9 Å². The van der Waals surface area contributed by atoms with Gasteiger partial charge in [-0.15, -0.1) is 11.3 Å². The van der Waals surface area contributed by atoms with Crippen LogP contribution in [0.5, 0.6) is 5.75 Å². The Morgan fingerprint density at radius 1 is 1.00 bits per heavy atom. The SMILES string of the molecule is COc1ccccc1C1C(C(=O)c2sc(-c3ccccc3)nc2C)=C(O)C(=O)N1c1ccc(NC(C)=O)cc1. The zero-order chi connectivity index (χ0) is 27.7. The Kier molecular flexibility index (Phi) is 7.00. The quantitative estimate of drug-likeness (QED) is 0.285. The van der Waals surface area contributed by atoms with Gasteiger partial charge in [0.15, 0.2) is 5.76 Å². The first-order valence-corrected chi connectivity index (χ1v) is 13.0. The summed E-state index contributed by atoms with van der Waals surface area (Å²) in [5, 5.41) is 14.5. The standard InChI is InChI=1S/C30H25N3O5S/c1-17-28(39-29(31-17)19-9-5-4-6-10-19)26(35)24-25(22-11-7-8-12-23(22)38-3)33(30(37)27(24)36)21-15-13-20(14-16-21)32-18(2)34/h4-16,25,36H,1-3H3,(H,32,34). The van der Waals surface area contributed by atoms with Crippen molar-refractivity contribution in [3.05, 3.63) is 106 Å². The van der Waals surface area contributed by atoms with E-state index in [0.29, 0.717) is 38.3 Å². The van der Waals surface area contributed by atoms with Crippen LogP contribution in [-0.4, -0.2) is 34.8 Å². The summed E-state index contributed by atoms with van der Waals surface area (Å²) in [5.41, 5.74) is 2.85. The minimum atomic E-state index is -0.963. The molecule has 0 spiro atoms. The van der Waals surface area contributed by atoms with Crippen molar-refractivity contribution >= 4 is 40.3 Å². The van der Waals surface area contributed by atoms with Gasteiger partial charge in [0.2, 0.25) is 11.7 Å². The van der Waals surface area contributed by atoms with Gasteiger partial charge in [0.25, 0.3) is 5.91 Å². The Bertz CT molecular complexity index is 1610. The van der Waals surface area contributed by atoms with E-state index in [2.05, 4.69) is 10.3 Å². The van der Waals surface area contributed by atoms with Crippen molar-refractivity contribution in [1.29, 1.82) is 0 Å². The van der Waals surface area contributed by atoms with E-state index < -0.39 is 23.5 Å². The average molecular weight is 540 g/mol. The summed E-state index contributed by atoms with van der Waals surface area (Å²) in [5.74, 6) is -1.59. The summed E-state index contributed by atoms with van der Waals surface area (Å²) < 4.78 is 5.58. The van der Waals surface area contributed by atoms with Crippen LogP contribution in [-0.2, 0) is 9.59 Å². The number of hydrogen-bond acceptors (Lipinski definition) is 7. The number of aliphatic hydroxyl groups excluding tert-OH is 1. The third-order valence-corrected chi connectivity index (χ3v) is 7.58. The molecule has 2 heterocycles. The number of carbonyl (C=O) groups is 3. The number of methoxy groups -OCH3 is 1. The van der Waals surface area contributed by atoms with Crippen molar-refractivity contribution in [1.82, 2.24) is 4.98 Å². The maximum Gasteiger partial charge on any atom is 0.294 e. The summed E-state index contributed by atoms with van der Waals surface area (Å²) in [7, 11) is 1.51. The van der Waals surface area contributed by atoms with Gasteiger partial charge in [0.1, 0.15) is 10.8 Å². The number of rotatable bonds is 7. The minimum absolute atomic E-state index is 0.0539. The molecule has 0 saturated heterocycles. The van der Waals surface area contributed by atoms with E-state index >= 15 is 0 Å². The predicted molar refractivity (Wildman–Crippen MR) is 150 cm³/mol. The Balaban J connectivity index is 1.62. The van der Waals surface area contributed by atoms with E-state index in [9.17, 15) is 19.5 Å². The number of ether oxygens (including phenoxy) is 1. The molecule has 0 radical (unpaired) electrons. The molecule has 1 aliphatic rings. The highest BCUT2D eigenvalue weighted by molar-refractivity contribution is 7.17. The van der Waals surface area contributed by atoms with Crippen LogP contribution in [0.3, 0.4) is 0 Å². The molecule has 8 nitrogen and oxygen atoms in total. The zero-order valence-electron chi connectivity index (χ0n) is 21.5. The molecule has 1 aliphatic heterocycles. The third kappa shape index (κ3) is 4.80. The Morgan fingerprint density at radius 2 is 1.67 bits per heavy atom. The van der Waals surface area contributed by atoms with E-state index in [1.54, 1.807) is 55.5 Å². The van der Waals surface area contributed by atoms with Crippen LogP contribution >= 0.6 is 11.3 Å². The number of hydrogen-bond donors (Lipinski definition) is 2. The Morgan fingerprint density at radius 3 is 2.33 bits per heavy atom. The number of carbonyl (C=O) groups excluding carboxylic acids is 3. The van der Waals surface area contributed by atoms with E-state index in [-0.39, 0.29) is 11.5 Å². The number of thiazole rings is 1. The summed E-state index contributed by atoms with van der Waals surface area (Å²) in [6.07, 6.45) is 0. The number of Topliss-reactive ketones (excluding diaryl/α,β-unsaturated/α-hetero) is 1. The predicted octanol–water partition coefficient (Wildman–Crippen LogP) is 5.87. The van der Waals surface area contributed by atoms with Crippen molar-refractivity contribution in [2.75, 3.05) is 17.3 Å². The number of anilines is 2. The Labute approximate surface area is 229 Å². The second-order valence-electron chi connectivity index (χ2n) is 8.94. The number of aliphatic hydroxyl groups is 1. The molecule has 5 rings (SSSR count). The molecule has 196 valence electrons. The number of para-hydroxylation sites is 1. The molecule has 39 heavy (non-hydrogen) atoms. The summed E-state index contributed by atoms with van der Waals surface area (Å²) in [6.45, 7) is 3.14. The largest absolute Gasteiger partial charge is 0.503 e. The first-order chi connectivity index (χ1) is 18.8. The molecule has 2 amide bonds. The molecular formula is C30H25N3O5S. The fourth-order valence-electron chi connectivity index (χ4n) is 4.63. The number of nitrogens with one attached hydrogen (secondary N) is 1. The molecule has 1 aromatic heterocycles. The van der Waals surface area contributed by atoms with Gasteiger partial charge in [0.05, 0.1) is 29.3 Å². The molecule has 0 bridgehead atoms. The lowest BCUT2D eigenvalue weighted by Crippen LogP contribution is -2.31. The molecule has 4 aromatic rings. The molecule has 2 N–H and O–H groups in total. The number of benzene rings is 3. The van der Waals surface area contributed by atoms with Crippen LogP contribution in [0, 0.1) is 6.92 Å². The molecular weight excluding hydrogens is 514 g/mol. The minimum Gasteiger partial charge on any atom is -0.503 e. The van der Waals surface area contributed by atoms with E-state index in [4.69, 9.17) is 4.74 Å². The normalized spacial score (nSPS) is 15.0. The summed E-state index contributed by atoms with van der Waals surface area (Å²) in [6, 6.07) is 22.2. The molecule has 0 saturated carbocycles. The van der Waals surface area contributed by atoms with Gasteiger partial charge < -0.3 is 15.2 Å². The molecule has 0 fully saturated rings. The lowest BCUT2D eigenvalue weighted by atomic mass is 9.94. The molecule has 3 aromatic carbocycles. The fraction of sp³-hybridized carbons (Fsp3) is 0.133. The van der Waals surface area contributed by atoms with Crippen LogP contribution in [0.2, 0.25) is 0 Å². The first kappa shape index (κ1) is 25.9. The first-order valence-electron chi connectivity index (χ1n) is 12.1. The van der Waals surface area contributed by atoms with Crippen LogP contribution in [0.15, 0.2) is 90.2 Å². The molecule has 1 unspecified atom stereocenters. The van der Waals surface area contributed by atoms with Crippen molar-refractivity contribution in [3.63, 3.8) is 0 Å². The number of aryl methyl sites for hydroxylation is 1. The highest BCUT2D eigenvalue weighted by Gasteiger charge is 2.46. The lowest BCUT2D eigenvalue weighted by molar-refractivity contribution is -0.117. The van der Waals surface area contributed by atoms with E-state index in [0.717, 1.165) is 5.56 Å². The second-order valence-corrected chi connectivity index (χ2v) is 9.94. The maximum atomic E-state index is 14.1. The van der Waals surface area contributed by atoms with Crippen LogP contribution in [0.25, 0.3) is 10.6 Å². The molecule has 1 atom stereocenters. The van der Waals surface area contributed by atoms with Gasteiger partial charge in [0, 0.05) is 29.4 Å². The number of aromatic nitrogens is 1. The topological polar surface area (TPSA) is 109 Å². The van der Waals surface area contributed by atoms with Crippen LogP contribution < -0.4 is 15.0 Å².